The van der Waals surface area contributed by atoms with Gasteiger partial charge in [-0.3, -0.25) is 9.59 Å². The molecule has 0 unspecified atom stereocenters. The molecule has 26 heavy (non-hydrogen) atoms. The summed E-state index contributed by atoms with van der Waals surface area (Å²) in [7, 11) is 1.69. The first-order valence-electron chi connectivity index (χ1n) is 8.27. The van der Waals surface area contributed by atoms with Gasteiger partial charge in [-0.25, -0.2) is 0 Å². The number of thiophene rings is 1. The zero-order chi connectivity index (χ0) is 18.7. The zero-order valence-corrected chi connectivity index (χ0v) is 15.8. The summed E-state index contributed by atoms with van der Waals surface area (Å²) < 4.78 is 0. The molecule has 0 aliphatic heterocycles. The third-order valence-electron chi connectivity index (χ3n) is 4.40. The van der Waals surface area contributed by atoms with Crippen molar-refractivity contribution in [1.82, 2.24) is 0 Å². The number of para-hydroxylation sites is 1. The van der Waals surface area contributed by atoms with Crippen LogP contribution in [0.25, 0.3) is 0 Å². The molecule has 0 aliphatic rings. The Balaban J connectivity index is 1.90. The quantitative estimate of drug-likeness (QED) is 0.716. The fraction of sp³-hybridized carbons (Fsp3) is 0.143. The molecule has 0 bridgehead atoms. The lowest BCUT2D eigenvalue weighted by Crippen LogP contribution is -2.28. The van der Waals surface area contributed by atoms with Gasteiger partial charge in [-0.05, 0) is 54.6 Å². The first kappa shape index (κ1) is 17.9. The van der Waals surface area contributed by atoms with Gasteiger partial charge in [0.25, 0.3) is 11.8 Å². The SMILES string of the molecule is Cc1cccc(NC(=O)c2ccccc2N(C)C(=O)c2cccs2)c1C. The Morgan fingerprint density at radius 1 is 0.962 bits per heavy atom. The lowest BCUT2D eigenvalue weighted by Gasteiger charge is -2.20. The second kappa shape index (κ2) is 7.54. The van der Waals surface area contributed by atoms with Crippen molar-refractivity contribution in [2.24, 2.45) is 0 Å². The largest absolute Gasteiger partial charge is 0.322 e. The standard InChI is InChI=1S/C21H20N2O2S/c1-14-8-6-10-17(15(14)2)22-20(24)16-9-4-5-11-18(16)23(3)21(25)19-12-7-13-26-19/h4-13H,1-3H3,(H,22,24). The van der Waals surface area contributed by atoms with E-state index in [9.17, 15) is 9.59 Å². The van der Waals surface area contributed by atoms with E-state index in [1.54, 1.807) is 31.3 Å². The molecule has 0 spiro atoms. The molecular weight excluding hydrogens is 344 g/mol. The minimum Gasteiger partial charge on any atom is -0.322 e. The Bertz CT molecular complexity index is 948. The predicted octanol–water partition coefficient (Wildman–Crippen LogP) is 4.89. The minimum atomic E-state index is -0.236. The summed E-state index contributed by atoms with van der Waals surface area (Å²) in [5.41, 5.74) is 3.95. The number of hydrogen-bond acceptors (Lipinski definition) is 3. The van der Waals surface area contributed by atoms with Crippen molar-refractivity contribution < 1.29 is 9.59 Å². The van der Waals surface area contributed by atoms with E-state index < -0.39 is 0 Å². The number of amides is 2. The molecular formula is C21H20N2O2S. The Hall–Kier alpha value is -2.92. The molecule has 3 rings (SSSR count). The second-order valence-electron chi connectivity index (χ2n) is 6.06. The van der Waals surface area contributed by atoms with E-state index >= 15 is 0 Å². The fourth-order valence-corrected chi connectivity index (χ4v) is 3.41. The van der Waals surface area contributed by atoms with Crippen LogP contribution >= 0.6 is 11.3 Å². The van der Waals surface area contributed by atoms with Crippen LogP contribution in [0.3, 0.4) is 0 Å². The van der Waals surface area contributed by atoms with Gasteiger partial charge in [-0.2, -0.15) is 0 Å². The number of rotatable bonds is 4. The summed E-state index contributed by atoms with van der Waals surface area (Å²) in [6, 6.07) is 16.5. The van der Waals surface area contributed by atoms with Gasteiger partial charge in [0.1, 0.15) is 0 Å². The Morgan fingerprint density at radius 2 is 1.73 bits per heavy atom. The zero-order valence-electron chi connectivity index (χ0n) is 14.9. The molecule has 0 radical (unpaired) electrons. The molecule has 2 amide bonds. The summed E-state index contributed by atoms with van der Waals surface area (Å²) in [6.07, 6.45) is 0. The number of carbonyl (C=O) groups is 2. The number of hydrogen-bond donors (Lipinski definition) is 1. The van der Waals surface area contributed by atoms with Crippen LogP contribution in [0.4, 0.5) is 11.4 Å². The topological polar surface area (TPSA) is 49.4 Å². The third kappa shape index (κ3) is 3.53. The monoisotopic (exact) mass is 364 g/mol. The van der Waals surface area contributed by atoms with Crippen LogP contribution < -0.4 is 10.2 Å². The lowest BCUT2D eigenvalue weighted by molar-refractivity contribution is 0.0996. The average molecular weight is 364 g/mol. The number of anilines is 2. The fourth-order valence-electron chi connectivity index (χ4n) is 2.71. The van der Waals surface area contributed by atoms with Crippen molar-refractivity contribution in [2.45, 2.75) is 13.8 Å². The first-order valence-corrected chi connectivity index (χ1v) is 9.15. The summed E-state index contributed by atoms with van der Waals surface area (Å²) in [4.78, 5) is 27.7. The van der Waals surface area contributed by atoms with E-state index in [-0.39, 0.29) is 11.8 Å². The maximum Gasteiger partial charge on any atom is 0.268 e. The van der Waals surface area contributed by atoms with Crippen LogP contribution in [0.15, 0.2) is 60.0 Å². The van der Waals surface area contributed by atoms with Crippen molar-refractivity contribution >= 4 is 34.5 Å². The van der Waals surface area contributed by atoms with Crippen LogP contribution in [0.5, 0.6) is 0 Å². The predicted molar refractivity (Wildman–Crippen MR) is 107 cm³/mol. The maximum absolute atomic E-state index is 12.9. The van der Waals surface area contributed by atoms with Crippen LogP contribution in [0.2, 0.25) is 0 Å². The normalized spacial score (nSPS) is 10.4. The molecule has 0 aliphatic carbocycles. The van der Waals surface area contributed by atoms with Crippen LogP contribution in [0, 0.1) is 13.8 Å². The number of carbonyl (C=O) groups excluding carboxylic acids is 2. The summed E-state index contributed by atoms with van der Waals surface area (Å²) >= 11 is 1.38. The number of benzene rings is 2. The van der Waals surface area contributed by atoms with E-state index in [0.717, 1.165) is 16.8 Å². The van der Waals surface area contributed by atoms with Crippen molar-refractivity contribution in [1.29, 1.82) is 0 Å². The van der Waals surface area contributed by atoms with Crippen molar-refractivity contribution in [3.8, 4) is 0 Å². The highest BCUT2D eigenvalue weighted by molar-refractivity contribution is 7.12. The highest BCUT2D eigenvalue weighted by atomic mass is 32.1. The van der Waals surface area contributed by atoms with Gasteiger partial charge in [-0.15, -0.1) is 11.3 Å². The van der Waals surface area contributed by atoms with E-state index in [4.69, 9.17) is 0 Å². The summed E-state index contributed by atoms with van der Waals surface area (Å²) in [5.74, 6) is -0.368. The molecule has 0 fully saturated rings. The van der Waals surface area contributed by atoms with Crippen molar-refractivity contribution in [3.05, 3.63) is 81.5 Å². The summed E-state index contributed by atoms with van der Waals surface area (Å²) in [5, 5.41) is 4.82. The Kier molecular flexibility index (Phi) is 5.19. The van der Waals surface area contributed by atoms with Gasteiger partial charge in [0.15, 0.2) is 0 Å². The van der Waals surface area contributed by atoms with E-state index in [1.807, 2.05) is 49.6 Å². The molecule has 132 valence electrons. The van der Waals surface area contributed by atoms with Gasteiger partial charge in [0, 0.05) is 12.7 Å². The van der Waals surface area contributed by atoms with Crippen LogP contribution in [-0.2, 0) is 0 Å². The molecule has 5 heteroatoms. The number of nitrogens with zero attached hydrogens (tertiary/aromatic N) is 1. The molecule has 4 nitrogen and oxygen atoms in total. The van der Waals surface area contributed by atoms with Gasteiger partial charge < -0.3 is 10.2 Å². The van der Waals surface area contributed by atoms with Gasteiger partial charge in [-0.1, -0.05) is 30.3 Å². The molecule has 0 atom stereocenters. The third-order valence-corrected chi connectivity index (χ3v) is 5.26. The Morgan fingerprint density at radius 3 is 2.46 bits per heavy atom. The molecule has 3 aromatic rings. The van der Waals surface area contributed by atoms with E-state index in [0.29, 0.717) is 16.1 Å². The minimum absolute atomic E-state index is 0.132. The number of aryl methyl sites for hydroxylation is 1. The highest BCUT2D eigenvalue weighted by Gasteiger charge is 2.20. The highest BCUT2D eigenvalue weighted by Crippen LogP contribution is 2.25. The molecule has 1 N–H and O–H groups in total. The van der Waals surface area contributed by atoms with Gasteiger partial charge in [0.05, 0.1) is 16.1 Å². The van der Waals surface area contributed by atoms with E-state index in [1.165, 1.54) is 16.2 Å². The summed E-state index contributed by atoms with van der Waals surface area (Å²) in [6.45, 7) is 3.98. The Labute approximate surface area is 157 Å². The van der Waals surface area contributed by atoms with Gasteiger partial charge in [0.2, 0.25) is 0 Å². The first-order chi connectivity index (χ1) is 12.5. The molecule has 1 aromatic heterocycles. The van der Waals surface area contributed by atoms with Crippen molar-refractivity contribution in [3.63, 3.8) is 0 Å². The number of nitrogens with one attached hydrogen (secondary N) is 1. The van der Waals surface area contributed by atoms with Crippen molar-refractivity contribution in [2.75, 3.05) is 17.3 Å². The molecule has 0 saturated carbocycles. The second-order valence-corrected chi connectivity index (χ2v) is 7.01. The smallest absolute Gasteiger partial charge is 0.268 e. The molecule has 2 aromatic carbocycles. The van der Waals surface area contributed by atoms with Crippen LogP contribution in [0.1, 0.15) is 31.2 Å². The van der Waals surface area contributed by atoms with Crippen LogP contribution in [-0.4, -0.2) is 18.9 Å². The molecule has 1 heterocycles. The molecule has 0 saturated heterocycles. The van der Waals surface area contributed by atoms with Gasteiger partial charge >= 0.3 is 0 Å². The van der Waals surface area contributed by atoms with E-state index in [2.05, 4.69) is 5.32 Å². The average Bonchev–Trinajstić information content (AvgIpc) is 3.19. The maximum atomic E-state index is 12.9. The lowest BCUT2D eigenvalue weighted by atomic mass is 10.1.